The number of benzene rings is 1. The summed E-state index contributed by atoms with van der Waals surface area (Å²) in [5.74, 6) is 0.979. The molecule has 0 unspecified atom stereocenters. The van der Waals surface area contributed by atoms with Gasteiger partial charge in [0.25, 0.3) is 0 Å². The highest BCUT2D eigenvalue weighted by Crippen LogP contribution is 2.35. The molecule has 0 atom stereocenters. The summed E-state index contributed by atoms with van der Waals surface area (Å²) in [6.07, 6.45) is -1.43. The minimum atomic E-state index is -4.39. The molecular formula is C23H30F3N3O2. The Labute approximate surface area is 181 Å². The van der Waals surface area contributed by atoms with Gasteiger partial charge in [-0.2, -0.15) is 13.2 Å². The van der Waals surface area contributed by atoms with Crippen molar-refractivity contribution in [1.82, 2.24) is 14.5 Å². The van der Waals surface area contributed by atoms with Gasteiger partial charge in [0.2, 0.25) is 0 Å². The Kier molecular flexibility index (Phi) is 6.39. The Balaban J connectivity index is 1.81. The van der Waals surface area contributed by atoms with E-state index in [0.717, 1.165) is 30.8 Å². The summed E-state index contributed by atoms with van der Waals surface area (Å²) >= 11 is 0. The molecule has 0 aliphatic carbocycles. The number of alkyl halides is 3. The fourth-order valence-electron chi connectivity index (χ4n) is 3.76. The van der Waals surface area contributed by atoms with E-state index in [1.165, 1.54) is 6.07 Å². The van der Waals surface area contributed by atoms with Crippen molar-refractivity contribution in [2.24, 2.45) is 0 Å². The number of carbonyl (C=O) groups is 1. The van der Waals surface area contributed by atoms with E-state index in [0.29, 0.717) is 24.3 Å². The predicted molar refractivity (Wildman–Crippen MR) is 113 cm³/mol. The van der Waals surface area contributed by atoms with Gasteiger partial charge in [-0.3, -0.25) is 0 Å². The zero-order valence-corrected chi connectivity index (χ0v) is 18.7. The molecule has 2 aromatic rings. The van der Waals surface area contributed by atoms with E-state index < -0.39 is 17.3 Å². The lowest BCUT2D eigenvalue weighted by Crippen LogP contribution is -2.41. The SMILES string of the molecule is CC(C)n1cc(-c2cccc(C(F)(F)F)c2)nc1C1CCN(C(=O)OC(C)(C)C)CC1. The largest absolute Gasteiger partial charge is 0.444 e. The Bertz CT molecular complexity index is 921. The maximum Gasteiger partial charge on any atom is 0.416 e. The molecule has 1 fully saturated rings. The van der Waals surface area contributed by atoms with Crippen LogP contribution in [0.1, 0.15) is 70.8 Å². The van der Waals surface area contributed by atoms with E-state index in [-0.39, 0.29) is 18.1 Å². The van der Waals surface area contributed by atoms with Gasteiger partial charge in [0.05, 0.1) is 11.3 Å². The third-order valence-electron chi connectivity index (χ3n) is 5.31. The summed E-state index contributed by atoms with van der Waals surface area (Å²) in [4.78, 5) is 18.8. The average Bonchev–Trinajstić information content (AvgIpc) is 3.12. The van der Waals surface area contributed by atoms with Crippen LogP contribution in [0.2, 0.25) is 0 Å². The highest BCUT2D eigenvalue weighted by Gasteiger charge is 2.32. The average molecular weight is 438 g/mol. The van der Waals surface area contributed by atoms with Crippen LogP contribution in [0.4, 0.5) is 18.0 Å². The molecule has 1 aromatic carbocycles. The fourth-order valence-corrected chi connectivity index (χ4v) is 3.76. The predicted octanol–water partition coefficient (Wildman–Crippen LogP) is 6.26. The maximum atomic E-state index is 13.1. The first kappa shape index (κ1) is 23.2. The van der Waals surface area contributed by atoms with Crippen LogP contribution in [-0.4, -0.2) is 39.2 Å². The summed E-state index contributed by atoms with van der Waals surface area (Å²) in [6.45, 7) is 10.7. The molecule has 8 heteroatoms. The third-order valence-corrected chi connectivity index (χ3v) is 5.31. The van der Waals surface area contributed by atoms with Crippen LogP contribution in [0, 0.1) is 0 Å². The van der Waals surface area contributed by atoms with E-state index in [2.05, 4.69) is 0 Å². The van der Waals surface area contributed by atoms with Crippen molar-refractivity contribution in [3.8, 4) is 11.3 Å². The van der Waals surface area contributed by atoms with E-state index in [1.807, 2.05) is 45.4 Å². The molecule has 3 rings (SSSR count). The van der Waals surface area contributed by atoms with Gasteiger partial charge < -0.3 is 14.2 Å². The number of amides is 1. The maximum absolute atomic E-state index is 13.1. The smallest absolute Gasteiger partial charge is 0.416 e. The van der Waals surface area contributed by atoms with Crippen molar-refractivity contribution < 1.29 is 22.7 Å². The quantitative estimate of drug-likeness (QED) is 0.569. The highest BCUT2D eigenvalue weighted by molar-refractivity contribution is 5.68. The van der Waals surface area contributed by atoms with Crippen LogP contribution in [0.5, 0.6) is 0 Å². The number of hydrogen-bond acceptors (Lipinski definition) is 3. The van der Waals surface area contributed by atoms with Crippen LogP contribution in [0.25, 0.3) is 11.3 Å². The van der Waals surface area contributed by atoms with E-state index >= 15 is 0 Å². The summed E-state index contributed by atoms with van der Waals surface area (Å²) in [7, 11) is 0. The highest BCUT2D eigenvalue weighted by atomic mass is 19.4. The second kappa shape index (κ2) is 8.55. The first-order valence-corrected chi connectivity index (χ1v) is 10.6. The van der Waals surface area contributed by atoms with Crippen molar-refractivity contribution in [1.29, 1.82) is 0 Å². The molecule has 5 nitrogen and oxygen atoms in total. The molecule has 0 spiro atoms. The number of rotatable bonds is 3. The molecule has 1 aliphatic heterocycles. The minimum absolute atomic E-state index is 0.117. The van der Waals surface area contributed by atoms with Crippen LogP contribution in [-0.2, 0) is 10.9 Å². The Morgan fingerprint density at radius 1 is 1.16 bits per heavy atom. The van der Waals surface area contributed by atoms with E-state index in [1.54, 1.807) is 11.0 Å². The molecule has 170 valence electrons. The number of imidazole rings is 1. The van der Waals surface area contributed by atoms with Crippen molar-refractivity contribution in [3.63, 3.8) is 0 Å². The van der Waals surface area contributed by atoms with Crippen molar-refractivity contribution >= 4 is 6.09 Å². The van der Waals surface area contributed by atoms with Crippen LogP contribution >= 0.6 is 0 Å². The molecule has 1 saturated heterocycles. The lowest BCUT2D eigenvalue weighted by Gasteiger charge is -2.33. The van der Waals surface area contributed by atoms with Gasteiger partial charge in [-0.05, 0) is 59.6 Å². The van der Waals surface area contributed by atoms with Crippen molar-refractivity contribution in [2.75, 3.05) is 13.1 Å². The van der Waals surface area contributed by atoms with Crippen molar-refractivity contribution in [3.05, 3.63) is 41.9 Å². The topological polar surface area (TPSA) is 47.4 Å². The number of nitrogens with zero attached hydrogens (tertiary/aromatic N) is 3. The van der Waals surface area contributed by atoms with Crippen LogP contribution in [0.3, 0.4) is 0 Å². The molecule has 0 radical (unpaired) electrons. The normalized spacial score (nSPS) is 16.1. The number of piperidine rings is 1. The number of aromatic nitrogens is 2. The molecule has 31 heavy (non-hydrogen) atoms. The zero-order valence-electron chi connectivity index (χ0n) is 18.7. The fraction of sp³-hybridized carbons (Fsp3) is 0.565. The summed E-state index contributed by atoms with van der Waals surface area (Å²) < 4.78 is 46.9. The summed E-state index contributed by atoms with van der Waals surface area (Å²) in [6, 6.07) is 5.38. The molecule has 2 heterocycles. The summed E-state index contributed by atoms with van der Waals surface area (Å²) in [5.41, 5.74) is -0.246. The number of halogens is 3. The van der Waals surface area contributed by atoms with Gasteiger partial charge in [-0.15, -0.1) is 0 Å². The standard InChI is InChI=1S/C23H30F3N3O2/c1-15(2)29-14-19(17-7-6-8-18(13-17)23(24,25)26)27-20(29)16-9-11-28(12-10-16)21(30)31-22(3,4)5/h6-8,13-16H,9-12H2,1-5H3. The molecule has 1 aromatic heterocycles. The van der Waals surface area contributed by atoms with Gasteiger partial charge in [-0.25, -0.2) is 9.78 Å². The molecular weight excluding hydrogens is 407 g/mol. The lowest BCUT2D eigenvalue weighted by atomic mass is 9.96. The second-order valence-electron chi connectivity index (χ2n) is 9.31. The van der Waals surface area contributed by atoms with Gasteiger partial charge in [0.1, 0.15) is 11.4 Å². The van der Waals surface area contributed by atoms with Gasteiger partial charge in [0.15, 0.2) is 0 Å². The molecule has 1 aliphatic rings. The number of ether oxygens (including phenoxy) is 1. The molecule has 0 bridgehead atoms. The Hall–Kier alpha value is -2.51. The molecule has 1 amide bonds. The van der Waals surface area contributed by atoms with E-state index in [9.17, 15) is 18.0 Å². The molecule has 0 N–H and O–H groups in total. The first-order valence-electron chi connectivity index (χ1n) is 10.6. The number of likely N-dealkylation sites (tertiary alicyclic amines) is 1. The Morgan fingerprint density at radius 2 is 1.81 bits per heavy atom. The number of carbonyl (C=O) groups excluding carboxylic acids is 1. The lowest BCUT2D eigenvalue weighted by molar-refractivity contribution is -0.137. The Morgan fingerprint density at radius 3 is 2.35 bits per heavy atom. The monoisotopic (exact) mass is 437 g/mol. The van der Waals surface area contributed by atoms with Gasteiger partial charge in [0, 0.05) is 36.8 Å². The minimum Gasteiger partial charge on any atom is -0.444 e. The van der Waals surface area contributed by atoms with Gasteiger partial charge in [-0.1, -0.05) is 12.1 Å². The van der Waals surface area contributed by atoms with Crippen LogP contribution < -0.4 is 0 Å². The second-order valence-corrected chi connectivity index (χ2v) is 9.31. The van der Waals surface area contributed by atoms with Gasteiger partial charge >= 0.3 is 12.3 Å². The molecule has 0 saturated carbocycles. The third kappa shape index (κ3) is 5.60. The van der Waals surface area contributed by atoms with Crippen LogP contribution in [0.15, 0.2) is 30.5 Å². The van der Waals surface area contributed by atoms with E-state index in [4.69, 9.17) is 9.72 Å². The first-order chi connectivity index (χ1) is 14.3. The zero-order chi connectivity index (χ0) is 23.0. The number of hydrogen-bond donors (Lipinski definition) is 0. The van der Waals surface area contributed by atoms with Crippen molar-refractivity contribution in [2.45, 2.75) is 71.2 Å². The summed E-state index contributed by atoms with van der Waals surface area (Å²) in [5, 5.41) is 0.